The number of carbonyl (C=O) groups excluding carboxylic acids is 1. The number of benzene rings is 1. The summed E-state index contributed by atoms with van der Waals surface area (Å²) in [5.74, 6) is -2.68. The van der Waals surface area contributed by atoms with E-state index in [4.69, 9.17) is 9.84 Å². The Morgan fingerprint density at radius 1 is 1.32 bits per heavy atom. The summed E-state index contributed by atoms with van der Waals surface area (Å²) in [6.45, 7) is 4.64. The maximum absolute atomic E-state index is 12.4. The normalized spacial score (nSPS) is 12.9. The monoisotopic (exact) mass is 374 g/mol. The molecule has 10 nitrogen and oxygen atoms in total. The van der Waals surface area contributed by atoms with Gasteiger partial charge in [0.2, 0.25) is 0 Å². The number of para-hydroxylation sites is 1. The first-order chi connectivity index (χ1) is 11.3. The van der Waals surface area contributed by atoms with E-state index in [-0.39, 0.29) is 0 Å². The highest BCUT2D eigenvalue weighted by Gasteiger charge is 2.33. The van der Waals surface area contributed by atoms with E-state index in [1.165, 1.54) is 12.1 Å². The minimum atomic E-state index is -4.36. The molecule has 0 radical (unpaired) electrons. The van der Waals surface area contributed by atoms with Crippen LogP contribution in [0.4, 0.5) is 10.5 Å². The van der Waals surface area contributed by atoms with E-state index in [1.807, 2.05) is 5.32 Å². The molecule has 11 heteroatoms. The second-order valence-electron chi connectivity index (χ2n) is 6.04. The molecule has 0 saturated heterocycles. The maximum Gasteiger partial charge on any atom is 0.408 e. The maximum atomic E-state index is 12.4. The number of carbonyl (C=O) groups is 2. The van der Waals surface area contributed by atoms with Crippen LogP contribution in [0.1, 0.15) is 20.8 Å². The first-order valence-corrected chi connectivity index (χ1v) is 8.67. The molecule has 0 fully saturated rings. The van der Waals surface area contributed by atoms with Gasteiger partial charge in [-0.25, -0.2) is 18.0 Å². The summed E-state index contributed by atoms with van der Waals surface area (Å²) in [4.78, 5) is 32.4. The second-order valence-corrected chi connectivity index (χ2v) is 8.05. The van der Waals surface area contributed by atoms with Crippen LogP contribution < -0.4 is 5.32 Å². The van der Waals surface area contributed by atoms with Crippen LogP contribution in [0.5, 0.6) is 0 Å². The lowest BCUT2D eigenvalue weighted by Crippen LogP contribution is -2.47. The Balaban J connectivity index is 3.08. The van der Waals surface area contributed by atoms with Crippen LogP contribution in [0.2, 0.25) is 0 Å². The number of carboxylic acids is 1. The molecule has 0 aliphatic heterocycles. The SMILES string of the molecule is CC(C)(C)OC(=O)NC(CS(=O)(=O)c1ccccc1[N+](=O)[O-])C(=O)O. The van der Waals surface area contributed by atoms with Gasteiger partial charge in [0, 0.05) is 6.07 Å². The van der Waals surface area contributed by atoms with Crippen LogP contribution in [0.25, 0.3) is 0 Å². The quantitative estimate of drug-likeness (QED) is 0.559. The van der Waals surface area contributed by atoms with Crippen molar-refractivity contribution < 1.29 is 32.8 Å². The molecule has 0 aliphatic carbocycles. The molecular weight excluding hydrogens is 356 g/mol. The first-order valence-electron chi connectivity index (χ1n) is 7.02. The Labute approximate surface area is 143 Å². The number of nitro benzene ring substituents is 1. The molecule has 0 aliphatic rings. The van der Waals surface area contributed by atoms with Crippen LogP contribution in [0, 0.1) is 10.1 Å². The zero-order valence-corrected chi connectivity index (χ0v) is 14.6. The molecule has 1 aromatic carbocycles. The Bertz CT molecular complexity index is 782. The van der Waals surface area contributed by atoms with Crippen LogP contribution in [0.15, 0.2) is 29.2 Å². The van der Waals surface area contributed by atoms with Gasteiger partial charge in [0.1, 0.15) is 16.5 Å². The summed E-state index contributed by atoms with van der Waals surface area (Å²) in [5.41, 5.74) is -1.59. The van der Waals surface area contributed by atoms with Crippen molar-refractivity contribution in [2.24, 2.45) is 0 Å². The van der Waals surface area contributed by atoms with E-state index in [9.17, 15) is 28.1 Å². The van der Waals surface area contributed by atoms with Gasteiger partial charge in [0.15, 0.2) is 9.84 Å². The number of nitrogens with one attached hydrogen (secondary N) is 1. The lowest BCUT2D eigenvalue weighted by molar-refractivity contribution is -0.387. The zero-order chi connectivity index (χ0) is 19.4. The predicted octanol–water partition coefficient (Wildman–Crippen LogP) is 1.35. The van der Waals surface area contributed by atoms with Crippen molar-refractivity contribution in [1.29, 1.82) is 0 Å². The molecular formula is C14H18N2O8S. The van der Waals surface area contributed by atoms with E-state index in [0.29, 0.717) is 0 Å². The third-order valence-electron chi connectivity index (χ3n) is 2.77. The fraction of sp³-hybridized carbons (Fsp3) is 0.429. The van der Waals surface area contributed by atoms with Crippen molar-refractivity contribution in [2.75, 3.05) is 5.75 Å². The fourth-order valence-corrected chi connectivity index (χ4v) is 3.40. The Morgan fingerprint density at radius 2 is 1.88 bits per heavy atom. The van der Waals surface area contributed by atoms with E-state index in [1.54, 1.807) is 20.8 Å². The van der Waals surface area contributed by atoms with Gasteiger partial charge >= 0.3 is 12.1 Å². The number of carboxylic acid groups (broad SMARTS) is 1. The molecule has 1 amide bonds. The van der Waals surface area contributed by atoms with Gasteiger partial charge in [-0.3, -0.25) is 10.1 Å². The number of nitrogens with zero attached hydrogens (tertiary/aromatic N) is 1. The lowest BCUT2D eigenvalue weighted by Gasteiger charge is -2.21. The van der Waals surface area contributed by atoms with Crippen molar-refractivity contribution >= 4 is 27.6 Å². The number of ether oxygens (including phenoxy) is 1. The standard InChI is InChI=1S/C14H18N2O8S/c1-14(2,3)24-13(19)15-9(12(17)18)8-25(22,23)11-7-5-4-6-10(11)16(20)21/h4-7,9H,8H2,1-3H3,(H,15,19)(H,17,18). The van der Waals surface area contributed by atoms with Crippen molar-refractivity contribution in [3.8, 4) is 0 Å². The third-order valence-corrected chi connectivity index (χ3v) is 4.56. The Hall–Kier alpha value is -2.69. The Kier molecular flexibility index (Phi) is 6.08. The third kappa shape index (κ3) is 6.03. The number of rotatable bonds is 6. The van der Waals surface area contributed by atoms with Gasteiger partial charge in [0.05, 0.1) is 10.7 Å². The van der Waals surface area contributed by atoms with Crippen molar-refractivity contribution in [2.45, 2.75) is 37.3 Å². The van der Waals surface area contributed by atoms with Gasteiger partial charge < -0.3 is 15.2 Å². The number of aliphatic carboxylic acids is 1. The molecule has 0 heterocycles. The van der Waals surface area contributed by atoms with Gasteiger partial charge in [-0.05, 0) is 26.8 Å². The number of amides is 1. The summed E-state index contributed by atoms with van der Waals surface area (Å²) in [5, 5.41) is 22.0. The number of hydrogen-bond acceptors (Lipinski definition) is 7. The summed E-state index contributed by atoms with van der Waals surface area (Å²) in [7, 11) is -4.36. The molecule has 138 valence electrons. The number of sulfone groups is 1. The number of alkyl carbamates (subject to hydrolysis) is 1. The summed E-state index contributed by atoms with van der Waals surface area (Å²) in [6.07, 6.45) is -1.11. The molecule has 25 heavy (non-hydrogen) atoms. The molecule has 1 unspecified atom stereocenters. The Morgan fingerprint density at radius 3 is 2.36 bits per heavy atom. The van der Waals surface area contributed by atoms with E-state index in [2.05, 4.69) is 0 Å². The highest BCUT2D eigenvalue weighted by atomic mass is 32.2. The summed E-state index contributed by atoms with van der Waals surface area (Å²) >= 11 is 0. The lowest BCUT2D eigenvalue weighted by atomic mass is 10.2. The summed E-state index contributed by atoms with van der Waals surface area (Å²) < 4.78 is 29.6. The topological polar surface area (TPSA) is 153 Å². The molecule has 1 aromatic rings. The zero-order valence-electron chi connectivity index (χ0n) is 13.8. The summed E-state index contributed by atoms with van der Waals surface area (Å²) in [6, 6.07) is 2.71. The molecule has 1 atom stereocenters. The van der Waals surface area contributed by atoms with Crippen molar-refractivity contribution in [3.05, 3.63) is 34.4 Å². The largest absolute Gasteiger partial charge is 0.480 e. The molecule has 0 spiro atoms. The van der Waals surface area contributed by atoms with E-state index >= 15 is 0 Å². The van der Waals surface area contributed by atoms with Crippen LogP contribution in [-0.4, -0.2) is 47.9 Å². The average Bonchev–Trinajstić information content (AvgIpc) is 2.44. The molecule has 0 bridgehead atoms. The minimum Gasteiger partial charge on any atom is -0.480 e. The van der Waals surface area contributed by atoms with Gasteiger partial charge in [-0.2, -0.15) is 0 Å². The van der Waals surface area contributed by atoms with Crippen LogP contribution in [-0.2, 0) is 19.4 Å². The van der Waals surface area contributed by atoms with Gasteiger partial charge in [-0.15, -0.1) is 0 Å². The highest BCUT2D eigenvalue weighted by Crippen LogP contribution is 2.24. The molecule has 2 N–H and O–H groups in total. The van der Waals surface area contributed by atoms with Gasteiger partial charge in [-0.1, -0.05) is 12.1 Å². The fourth-order valence-electron chi connectivity index (χ4n) is 1.80. The minimum absolute atomic E-state index is 0.628. The molecule has 1 rings (SSSR count). The number of nitro groups is 1. The van der Waals surface area contributed by atoms with E-state index in [0.717, 1.165) is 12.1 Å². The average molecular weight is 374 g/mol. The highest BCUT2D eigenvalue weighted by molar-refractivity contribution is 7.91. The van der Waals surface area contributed by atoms with Crippen LogP contribution in [0.3, 0.4) is 0 Å². The van der Waals surface area contributed by atoms with Crippen molar-refractivity contribution in [1.82, 2.24) is 5.32 Å². The smallest absolute Gasteiger partial charge is 0.408 e. The van der Waals surface area contributed by atoms with E-state index < -0.39 is 54.8 Å². The second kappa shape index (κ2) is 7.47. The van der Waals surface area contributed by atoms with Crippen molar-refractivity contribution in [3.63, 3.8) is 0 Å². The van der Waals surface area contributed by atoms with Gasteiger partial charge in [0.25, 0.3) is 5.69 Å². The first kappa shape index (κ1) is 20.4. The number of hydrogen-bond donors (Lipinski definition) is 2. The van der Waals surface area contributed by atoms with Crippen LogP contribution >= 0.6 is 0 Å². The molecule has 0 saturated carbocycles. The molecule has 0 aromatic heterocycles. The predicted molar refractivity (Wildman–Crippen MR) is 85.9 cm³/mol.